The molecule has 0 bridgehead atoms. The van der Waals surface area contributed by atoms with Crippen LogP contribution in [-0.2, 0) is 13.9 Å². The van der Waals surface area contributed by atoms with Gasteiger partial charge < -0.3 is 13.9 Å². The van der Waals surface area contributed by atoms with Gasteiger partial charge in [-0.2, -0.15) is 0 Å². The zero-order valence-corrected chi connectivity index (χ0v) is 14.0. The van der Waals surface area contributed by atoms with Gasteiger partial charge in [0.2, 0.25) is 0 Å². The molecule has 19 heavy (non-hydrogen) atoms. The van der Waals surface area contributed by atoms with E-state index >= 15 is 0 Å². The van der Waals surface area contributed by atoms with E-state index in [2.05, 4.69) is 26.6 Å². The molecule has 1 aliphatic heterocycles. The number of hydrogen-bond acceptors (Lipinski definition) is 3. The zero-order chi connectivity index (χ0) is 14.1. The second kappa shape index (κ2) is 8.90. The third-order valence-corrected chi connectivity index (χ3v) is 4.32. The number of ether oxygens (including phenoxy) is 2. The Labute approximate surface area is 120 Å². The second-order valence-corrected chi connectivity index (χ2v) is 8.08. The fraction of sp³-hybridized carbons (Fsp3) is 0.867. The van der Waals surface area contributed by atoms with Gasteiger partial charge in [0, 0.05) is 6.61 Å². The van der Waals surface area contributed by atoms with E-state index in [-0.39, 0.29) is 11.9 Å². The molecule has 0 amide bonds. The molecule has 4 heteroatoms. The van der Waals surface area contributed by atoms with Crippen LogP contribution in [0.15, 0.2) is 12.7 Å². The molecule has 1 rings (SSSR count). The maximum atomic E-state index is 6.24. The minimum Gasteiger partial charge on any atom is -0.417 e. The van der Waals surface area contributed by atoms with Crippen LogP contribution in [0.4, 0.5) is 0 Å². The van der Waals surface area contributed by atoms with Gasteiger partial charge in [0.1, 0.15) is 5.60 Å². The van der Waals surface area contributed by atoms with E-state index in [0.717, 1.165) is 38.7 Å². The Bertz CT molecular complexity index is 252. The molecule has 0 radical (unpaired) electrons. The summed E-state index contributed by atoms with van der Waals surface area (Å²) in [7, 11) is -1.04. The lowest BCUT2D eigenvalue weighted by atomic mass is 9.97. The van der Waals surface area contributed by atoms with Crippen molar-refractivity contribution in [3.63, 3.8) is 0 Å². The van der Waals surface area contributed by atoms with E-state index in [4.69, 9.17) is 13.9 Å². The normalized spacial score (nSPS) is 23.3. The van der Waals surface area contributed by atoms with E-state index in [9.17, 15) is 0 Å². The first kappa shape index (κ1) is 16.9. The SMILES string of the molecule is C=CC(CCCC)(CO[SiH](C)C)OC1CCCCO1. The van der Waals surface area contributed by atoms with Crippen LogP contribution in [0.2, 0.25) is 13.1 Å². The van der Waals surface area contributed by atoms with Gasteiger partial charge in [-0.1, -0.05) is 25.8 Å². The summed E-state index contributed by atoms with van der Waals surface area (Å²) in [6.07, 6.45) is 8.41. The summed E-state index contributed by atoms with van der Waals surface area (Å²) < 4.78 is 17.9. The molecule has 112 valence electrons. The summed E-state index contributed by atoms with van der Waals surface area (Å²) in [5, 5.41) is 0. The molecule has 1 heterocycles. The Morgan fingerprint density at radius 3 is 2.74 bits per heavy atom. The lowest BCUT2D eigenvalue weighted by molar-refractivity contribution is -0.219. The third kappa shape index (κ3) is 6.21. The fourth-order valence-electron chi connectivity index (χ4n) is 2.22. The van der Waals surface area contributed by atoms with Crippen molar-refractivity contribution in [3.8, 4) is 0 Å². The van der Waals surface area contributed by atoms with Crippen LogP contribution >= 0.6 is 0 Å². The summed E-state index contributed by atoms with van der Waals surface area (Å²) in [5.41, 5.74) is -0.366. The average Bonchev–Trinajstić information content (AvgIpc) is 2.43. The van der Waals surface area contributed by atoms with Gasteiger partial charge in [-0.15, -0.1) is 6.58 Å². The molecule has 0 spiro atoms. The maximum Gasteiger partial charge on any atom is 0.171 e. The fourth-order valence-corrected chi connectivity index (χ4v) is 2.84. The number of rotatable bonds is 9. The van der Waals surface area contributed by atoms with Crippen molar-refractivity contribution in [1.82, 2.24) is 0 Å². The molecular formula is C15H30O3Si. The van der Waals surface area contributed by atoms with Crippen LogP contribution in [-0.4, -0.2) is 34.1 Å². The molecule has 0 aromatic carbocycles. The molecule has 0 saturated carbocycles. The molecule has 0 N–H and O–H groups in total. The van der Waals surface area contributed by atoms with E-state index in [0.29, 0.717) is 6.61 Å². The first-order valence-electron chi connectivity index (χ1n) is 7.66. The van der Waals surface area contributed by atoms with Crippen molar-refractivity contribution < 1.29 is 13.9 Å². The molecule has 1 saturated heterocycles. The quantitative estimate of drug-likeness (QED) is 0.478. The van der Waals surface area contributed by atoms with Crippen LogP contribution in [0.25, 0.3) is 0 Å². The van der Waals surface area contributed by atoms with Crippen molar-refractivity contribution in [2.24, 2.45) is 0 Å². The molecule has 2 unspecified atom stereocenters. The Morgan fingerprint density at radius 1 is 1.42 bits per heavy atom. The minimum atomic E-state index is -1.04. The largest absolute Gasteiger partial charge is 0.417 e. The van der Waals surface area contributed by atoms with Crippen LogP contribution in [0.5, 0.6) is 0 Å². The van der Waals surface area contributed by atoms with Crippen LogP contribution in [0, 0.1) is 0 Å². The maximum absolute atomic E-state index is 6.24. The zero-order valence-electron chi connectivity index (χ0n) is 12.8. The van der Waals surface area contributed by atoms with E-state index < -0.39 is 9.04 Å². The molecule has 0 aliphatic carbocycles. The molecule has 1 fully saturated rings. The highest BCUT2D eigenvalue weighted by Gasteiger charge is 2.32. The first-order chi connectivity index (χ1) is 9.12. The molecule has 1 aliphatic rings. The summed E-state index contributed by atoms with van der Waals surface area (Å²) in [5.74, 6) is 0. The van der Waals surface area contributed by atoms with Crippen molar-refractivity contribution in [1.29, 1.82) is 0 Å². The van der Waals surface area contributed by atoms with Gasteiger partial charge in [0.05, 0.1) is 6.61 Å². The van der Waals surface area contributed by atoms with E-state index in [1.165, 1.54) is 6.42 Å². The standard InChI is InChI=1S/C15H30O3Si/c1-5-7-11-15(6-2,13-17-19(3)4)18-14-10-8-9-12-16-14/h6,14,19H,2,5,7-13H2,1,3-4H3. The van der Waals surface area contributed by atoms with Gasteiger partial charge in [0.25, 0.3) is 0 Å². The highest BCUT2D eigenvalue weighted by Crippen LogP contribution is 2.27. The lowest BCUT2D eigenvalue weighted by Crippen LogP contribution is -2.42. The Balaban J connectivity index is 2.60. The average molecular weight is 286 g/mol. The van der Waals surface area contributed by atoms with Gasteiger partial charge in [-0.05, 0) is 38.8 Å². The van der Waals surface area contributed by atoms with E-state index in [1.54, 1.807) is 0 Å². The van der Waals surface area contributed by atoms with E-state index in [1.807, 2.05) is 6.08 Å². The van der Waals surface area contributed by atoms with Crippen molar-refractivity contribution in [2.75, 3.05) is 13.2 Å². The first-order valence-corrected chi connectivity index (χ1v) is 10.4. The number of hydrogen-bond donors (Lipinski definition) is 0. The summed E-state index contributed by atoms with van der Waals surface area (Å²) in [4.78, 5) is 0. The van der Waals surface area contributed by atoms with Gasteiger partial charge in [-0.3, -0.25) is 0 Å². The summed E-state index contributed by atoms with van der Waals surface area (Å²) in [6, 6.07) is 0. The predicted molar refractivity (Wildman–Crippen MR) is 82.0 cm³/mol. The minimum absolute atomic E-state index is 0.0824. The van der Waals surface area contributed by atoms with Gasteiger partial charge in [0.15, 0.2) is 15.3 Å². The molecule has 0 aromatic heterocycles. The summed E-state index contributed by atoms with van der Waals surface area (Å²) >= 11 is 0. The van der Waals surface area contributed by atoms with Crippen LogP contribution < -0.4 is 0 Å². The molecule has 0 aromatic rings. The molecule has 3 nitrogen and oxygen atoms in total. The highest BCUT2D eigenvalue weighted by molar-refractivity contribution is 6.48. The van der Waals surface area contributed by atoms with Crippen molar-refractivity contribution >= 4 is 9.04 Å². The van der Waals surface area contributed by atoms with Gasteiger partial charge >= 0.3 is 0 Å². The van der Waals surface area contributed by atoms with Crippen LogP contribution in [0.3, 0.4) is 0 Å². The van der Waals surface area contributed by atoms with Crippen LogP contribution in [0.1, 0.15) is 45.4 Å². The molecular weight excluding hydrogens is 256 g/mol. The highest BCUT2D eigenvalue weighted by atomic mass is 28.3. The van der Waals surface area contributed by atoms with Crippen molar-refractivity contribution in [3.05, 3.63) is 12.7 Å². The smallest absolute Gasteiger partial charge is 0.171 e. The Morgan fingerprint density at radius 2 is 2.21 bits per heavy atom. The lowest BCUT2D eigenvalue weighted by Gasteiger charge is -2.36. The predicted octanol–water partition coefficient (Wildman–Crippen LogP) is 3.64. The van der Waals surface area contributed by atoms with Gasteiger partial charge in [-0.25, -0.2) is 0 Å². The summed E-state index contributed by atoms with van der Waals surface area (Å²) in [6.45, 7) is 12.0. The Hall–Kier alpha value is -0.163. The Kier molecular flexibility index (Phi) is 7.91. The number of unbranched alkanes of at least 4 members (excludes halogenated alkanes) is 1. The third-order valence-electron chi connectivity index (χ3n) is 3.49. The molecule has 2 atom stereocenters. The monoisotopic (exact) mass is 286 g/mol. The second-order valence-electron chi connectivity index (χ2n) is 5.65. The van der Waals surface area contributed by atoms with Crippen molar-refractivity contribution in [2.45, 2.75) is 70.4 Å². The topological polar surface area (TPSA) is 27.7 Å².